The molecular weight excluding hydrogens is 1110 g/mol. The molecule has 0 spiro atoms. The van der Waals surface area contributed by atoms with Crippen LogP contribution in [0.5, 0.6) is 0 Å². The first-order valence-electron chi connectivity index (χ1n) is 38.4. The lowest BCUT2D eigenvalue weighted by Gasteiger charge is -2.40. The fraction of sp³-hybridized carbons (Fsp3) is 0.872. The lowest BCUT2D eigenvalue weighted by atomic mass is 9.99. The molecule has 7 atom stereocenters. The number of carbonyl (C=O) groups excluding carboxylic acids is 2. The van der Waals surface area contributed by atoms with Crippen LogP contribution < -0.4 is 5.32 Å². The Morgan fingerprint density at radius 3 is 1.17 bits per heavy atom. The van der Waals surface area contributed by atoms with Crippen LogP contribution in [0.3, 0.4) is 0 Å². The Hall–Kier alpha value is -2.38. The van der Waals surface area contributed by atoms with Gasteiger partial charge in [-0.2, -0.15) is 0 Å². The summed E-state index contributed by atoms with van der Waals surface area (Å²) in [7, 11) is 0. The summed E-state index contributed by atoms with van der Waals surface area (Å²) in [6, 6.07) is -0.806. The lowest BCUT2D eigenvalue weighted by molar-refractivity contribution is -0.302. The van der Waals surface area contributed by atoms with Crippen molar-refractivity contribution in [3.05, 3.63) is 48.6 Å². The molecule has 1 fully saturated rings. The Bertz CT molecular complexity index is 1620. The normalized spacial score (nSPS) is 17.9. The first kappa shape index (κ1) is 84.6. The standard InChI is InChI=1S/C78H145NO10/c1-3-5-7-9-11-13-14-15-39-43-46-50-54-58-62-66-74(83)87-67-63-59-55-51-47-44-41-38-36-34-32-30-28-26-24-22-20-18-16-17-19-21-23-25-27-29-31-33-35-37-40-42-45-49-53-57-61-65-73(82)79-70(71(81)64-60-56-52-48-12-10-8-6-4-2)69-88-78-77(86)76(85)75(84)72(68-80)89-78/h11,13,15-16,18,39,60,64,70-72,75-78,80-81,84-86H,3-10,12,14,17,19-38,40-59,61-63,65-69H2,1-2H3,(H,79,82)/b13-11-,18-16-,39-15-,64-60+. The molecule has 522 valence electrons. The molecule has 0 aliphatic carbocycles. The monoisotopic (exact) mass is 1260 g/mol. The highest BCUT2D eigenvalue weighted by Crippen LogP contribution is 2.24. The highest BCUT2D eigenvalue weighted by atomic mass is 16.7. The number of unbranched alkanes of at least 4 members (excludes halogenated alkanes) is 48. The number of nitrogens with one attached hydrogen (secondary N) is 1. The molecule has 1 heterocycles. The van der Waals surface area contributed by atoms with Crippen LogP contribution in [-0.2, 0) is 23.8 Å². The quantitative estimate of drug-likeness (QED) is 0.0195. The summed E-state index contributed by atoms with van der Waals surface area (Å²) >= 11 is 0. The number of allylic oxidation sites excluding steroid dienone is 7. The third-order valence-corrected chi connectivity index (χ3v) is 18.2. The van der Waals surface area contributed by atoms with Gasteiger partial charge < -0.3 is 45.1 Å². The maximum absolute atomic E-state index is 13.0. The van der Waals surface area contributed by atoms with E-state index in [4.69, 9.17) is 14.2 Å². The maximum atomic E-state index is 13.0. The van der Waals surface area contributed by atoms with E-state index in [1.54, 1.807) is 6.08 Å². The molecule has 7 unspecified atom stereocenters. The Morgan fingerprint density at radius 2 is 0.753 bits per heavy atom. The molecular formula is C78H145NO10. The number of hydrogen-bond donors (Lipinski definition) is 6. The molecule has 89 heavy (non-hydrogen) atoms. The van der Waals surface area contributed by atoms with E-state index in [9.17, 15) is 35.1 Å². The Balaban J connectivity index is 1.86. The Morgan fingerprint density at radius 1 is 0.416 bits per heavy atom. The van der Waals surface area contributed by atoms with E-state index >= 15 is 0 Å². The van der Waals surface area contributed by atoms with Crippen LogP contribution in [0.15, 0.2) is 48.6 Å². The largest absolute Gasteiger partial charge is 0.466 e. The van der Waals surface area contributed by atoms with Gasteiger partial charge in [0.05, 0.1) is 32.0 Å². The zero-order valence-corrected chi connectivity index (χ0v) is 58.2. The predicted molar refractivity (Wildman–Crippen MR) is 375 cm³/mol. The smallest absolute Gasteiger partial charge is 0.305 e. The van der Waals surface area contributed by atoms with Crippen LogP contribution in [0, 0.1) is 0 Å². The summed E-state index contributed by atoms with van der Waals surface area (Å²) in [5, 5.41) is 54.3. The van der Waals surface area contributed by atoms with Crippen molar-refractivity contribution in [1.29, 1.82) is 0 Å². The molecule has 0 radical (unpaired) electrons. The molecule has 6 N–H and O–H groups in total. The third kappa shape index (κ3) is 55.8. The third-order valence-electron chi connectivity index (χ3n) is 18.2. The van der Waals surface area contributed by atoms with Gasteiger partial charge in [0.15, 0.2) is 6.29 Å². The molecule has 0 saturated carbocycles. The van der Waals surface area contributed by atoms with Gasteiger partial charge in [-0.15, -0.1) is 0 Å². The van der Waals surface area contributed by atoms with Crippen LogP contribution in [-0.4, -0.2) is 100 Å². The molecule has 0 aromatic rings. The Kier molecular flexibility index (Phi) is 63.8. The van der Waals surface area contributed by atoms with E-state index in [1.807, 2.05) is 6.08 Å². The number of esters is 1. The molecule has 1 aliphatic heterocycles. The van der Waals surface area contributed by atoms with E-state index in [1.165, 1.54) is 283 Å². The molecule has 0 bridgehead atoms. The van der Waals surface area contributed by atoms with Gasteiger partial charge in [0, 0.05) is 12.8 Å². The van der Waals surface area contributed by atoms with E-state index in [0.29, 0.717) is 19.4 Å². The van der Waals surface area contributed by atoms with Crippen LogP contribution >= 0.6 is 0 Å². The van der Waals surface area contributed by atoms with E-state index in [0.717, 1.165) is 64.2 Å². The summed E-state index contributed by atoms with van der Waals surface area (Å²) in [6.45, 7) is 4.32. The van der Waals surface area contributed by atoms with Crippen LogP contribution in [0.4, 0.5) is 0 Å². The highest BCUT2D eigenvalue weighted by Gasteiger charge is 2.44. The van der Waals surface area contributed by atoms with Crippen LogP contribution in [0.25, 0.3) is 0 Å². The minimum Gasteiger partial charge on any atom is -0.466 e. The van der Waals surface area contributed by atoms with Gasteiger partial charge in [0.1, 0.15) is 24.4 Å². The van der Waals surface area contributed by atoms with Gasteiger partial charge in [0.25, 0.3) is 0 Å². The van der Waals surface area contributed by atoms with E-state index in [-0.39, 0.29) is 18.5 Å². The highest BCUT2D eigenvalue weighted by molar-refractivity contribution is 5.76. The van der Waals surface area contributed by atoms with Gasteiger partial charge in [0.2, 0.25) is 5.91 Å². The zero-order chi connectivity index (χ0) is 64.4. The van der Waals surface area contributed by atoms with Crippen molar-refractivity contribution in [2.45, 2.75) is 416 Å². The summed E-state index contributed by atoms with van der Waals surface area (Å²) in [5.41, 5.74) is 0. The van der Waals surface area contributed by atoms with Crippen molar-refractivity contribution in [3.63, 3.8) is 0 Å². The predicted octanol–water partition coefficient (Wildman–Crippen LogP) is 20.3. The number of ether oxygens (including phenoxy) is 3. The average Bonchev–Trinajstić information content (AvgIpc) is 1.84. The molecule has 0 aromatic carbocycles. The molecule has 0 aromatic heterocycles. The first-order valence-corrected chi connectivity index (χ1v) is 38.4. The molecule has 11 heteroatoms. The van der Waals surface area contributed by atoms with E-state index < -0.39 is 49.5 Å². The fourth-order valence-corrected chi connectivity index (χ4v) is 12.1. The molecule has 1 aliphatic rings. The SMILES string of the molecule is CCCCC/C=C\C/C=C\CCCCCCCC(=O)OCCCCCCCCCCCCCCCCCC/C=C\CCCCCCCCCCCCCCCCCCCC(=O)NC(COC1OC(CO)C(O)C(O)C1O)C(O)/C=C/CCCCCCCCC. The zero-order valence-electron chi connectivity index (χ0n) is 58.2. The van der Waals surface area contributed by atoms with Crippen molar-refractivity contribution >= 4 is 11.9 Å². The van der Waals surface area contributed by atoms with Crippen molar-refractivity contribution in [3.8, 4) is 0 Å². The molecule has 11 nitrogen and oxygen atoms in total. The second-order valence-electron chi connectivity index (χ2n) is 26.7. The van der Waals surface area contributed by atoms with Gasteiger partial charge in [-0.05, 0) is 89.9 Å². The second kappa shape index (κ2) is 67.1. The Labute approximate surface area is 548 Å². The number of hydrogen-bond acceptors (Lipinski definition) is 10. The van der Waals surface area contributed by atoms with Gasteiger partial charge >= 0.3 is 5.97 Å². The summed E-state index contributed by atoms with van der Waals surface area (Å²) in [6.07, 6.45) is 78.7. The molecule has 1 saturated heterocycles. The summed E-state index contributed by atoms with van der Waals surface area (Å²) in [4.78, 5) is 25.1. The van der Waals surface area contributed by atoms with Gasteiger partial charge in [-0.3, -0.25) is 9.59 Å². The van der Waals surface area contributed by atoms with Gasteiger partial charge in [-0.25, -0.2) is 0 Å². The summed E-state index contributed by atoms with van der Waals surface area (Å²) in [5.74, 6) is -0.177. The topological polar surface area (TPSA) is 175 Å². The molecule has 1 rings (SSSR count). The average molecular weight is 1260 g/mol. The fourth-order valence-electron chi connectivity index (χ4n) is 12.1. The van der Waals surface area contributed by atoms with Crippen molar-refractivity contribution in [2.75, 3.05) is 19.8 Å². The number of aliphatic hydroxyl groups is 5. The van der Waals surface area contributed by atoms with Crippen molar-refractivity contribution in [2.24, 2.45) is 0 Å². The lowest BCUT2D eigenvalue weighted by Crippen LogP contribution is -2.60. The minimum atomic E-state index is -1.57. The number of amides is 1. The minimum absolute atomic E-state index is 0.00134. The molecule has 1 amide bonds. The van der Waals surface area contributed by atoms with E-state index in [2.05, 4.69) is 55.6 Å². The first-order chi connectivity index (χ1) is 43.7. The van der Waals surface area contributed by atoms with Crippen LogP contribution in [0.1, 0.15) is 373 Å². The van der Waals surface area contributed by atoms with Crippen LogP contribution in [0.2, 0.25) is 0 Å². The number of rotatable bonds is 68. The second-order valence-corrected chi connectivity index (χ2v) is 26.7. The number of carbonyl (C=O) groups is 2. The van der Waals surface area contributed by atoms with Crippen molar-refractivity contribution in [1.82, 2.24) is 5.32 Å². The van der Waals surface area contributed by atoms with Gasteiger partial charge in [-0.1, -0.05) is 319 Å². The maximum Gasteiger partial charge on any atom is 0.305 e. The summed E-state index contributed by atoms with van der Waals surface area (Å²) < 4.78 is 16.7. The number of aliphatic hydroxyl groups excluding tert-OH is 5. The van der Waals surface area contributed by atoms with Crippen molar-refractivity contribution < 1.29 is 49.3 Å².